The number of carbonyl (C=O) groups excluding carboxylic acids is 2. The topological polar surface area (TPSA) is 49.4 Å². The number of rotatable bonds is 3. The summed E-state index contributed by atoms with van der Waals surface area (Å²) >= 11 is 5.98. The van der Waals surface area contributed by atoms with E-state index in [0.29, 0.717) is 17.3 Å². The zero-order valence-electron chi connectivity index (χ0n) is 9.24. The molecule has 1 aliphatic heterocycles. The third kappa shape index (κ3) is 2.31. The summed E-state index contributed by atoms with van der Waals surface area (Å²) in [5.74, 6) is -0.626. The minimum atomic E-state index is -0.318. The van der Waals surface area contributed by atoms with E-state index in [0.717, 1.165) is 10.5 Å². The number of hydrogen-bond acceptors (Lipinski definition) is 3. The summed E-state index contributed by atoms with van der Waals surface area (Å²) in [4.78, 5) is 23.9. The number of carbonyl (C=O) groups is 2. The average Bonchev–Trinajstić information content (AvgIpc) is 2.56. The molecule has 4 nitrogen and oxygen atoms in total. The number of halogens is 1. The summed E-state index contributed by atoms with van der Waals surface area (Å²) in [5.41, 5.74) is 1.18. The van der Waals surface area contributed by atoms with Crippen LogP contribution in [0.5, 0.6) is 0 Å². The maximum absolute atomic E-state index is 11.6. The van der Waals surface area contributed by atoms with Crippen LogP contribution in [-0.4, -0.2) is 23.8 Å². The first-order valence-electron chi connectivity index (χ1n) is 5.10. The van der Waals surface area contributed by atoms with E-state index in [1.165, 1.54) is 13.1 Å². The molecule has 0 saturated heterocycles. The Morgan fingerprint density at radius 1 is 1.29 bits per heavy atom. The van der Waals surface area contributed by atoms with Crippen LogP contribution in [0.3, 0.4) is 0 Å². The van der Waals surface area contributed by atoms with Crippen LogP contribution in [0.4, 0.5) is 0 Å². The van der Waals surface area contributed by atoms with Gasteiger partial charge in [0.2, 0.25) is 0 Å². The zero-order chi connectivity index (χ0) is 12.4. The molecule has 0 fully saturated rings. The molecule has 1 heterocycles. The van der Waals surface area contributed by atoms with Crippen molar-refractivity contribution in [3.8, 4) is 0 Å². The van der Waals surface area contributed by atoms with Crippen molar-refractivity contribution in [3.05, 3.63) is 46.6 Å². The molecule has 1 aromatic carbocycles. The van der Waals surface area contributed by atoms with Crippen LogP contribution in [-0.2, 0) is 16.1 Å². The van der Waals surface area contributed by atoms with Gasteiger partial charge in [-0.3, -0.25) is 14.5 Å². The van der Waals surface area contributed by atoms with E-state index >= 15 is 0 Å². The molecular formula is C12H11ClN2O2. The Labute approximate surface area is 104 Å². The molecule has 0 bridgehead atoms. The molecule has 0 aromatic heterocycles. The van der Waals surface area contributed by atoms with Gasteiger partial charge in [0.1, 0.15) is 5.70 Å². The number of nitrogens with one attached hydrogen (secondary N) is 1. The maximum Gasteiger partial charge on any atom is 0.276 e. The van der Waals surface area contributed by atoms with Gasteiger partial charge in [-0.1, -0.05) is 29.8 Å². The van der Waals surface area contributed by atoms with Crippen molar-refractivity contribution in [3.63, 3.8) is 0 Å². The van der Waals surface area contributed by atoms with Gasteiger partial charge in [-0.2, -0.15) is 0 Å². The van der Waals surface area contributed by atoms with Gasteiger partial charge < -0.3 is 5.32 Å². The Morgan fingerprint density at radius 3 is 2.59 bits per heavy atom. The molecule has 1 N–H and O–H groups in total. The molecule has 1 aliphatic rings. The molecule has 0 unspecified atom stereocenters. The summed E-state index contributed by atoms with van der Waals surface area (Å²) in [7, 11) is 1.45. The Morgan fingerprint density at radius 2 is 2.00 bits per heavy atom. The number of hydrogen-bond donors (Lipinski definition) is 1. The highest BCUT2D eigenvalue weighted by Crippen LogP contribution is 2.16. The van der Waals surface area contributed by atoms with E-state index in [1.807, 2.05) is 18.2 Å². The Bertz CT molecular complexity index is 511. The van der Waals surface area contributed by atoms with E-state index in [-0.39, 0.29) is 11.8 Å². The number of nitrogens with zero attached hydrogens (tertiary/aromatic N) is 1. The van der Waals surface area contributed by atoms with Crippen LogP contribution in [0.2, 0.25) is 5.02 Å². The summed E-state index contributed by atoms with van der Waals surface area (Å²) in [6.07, 6.45) is 1.29. The predicted molar refractivity (Wildman–Crippen MR) is 64.2 cm³/mol. The molecule has 0 aliphatic carbocycles. The second-order valence-electron chi connectivity index (χ2n) is 3.71. The van der Waals surface area contributed by atoms with Crippen molar-refractivity contribution in [1.29, 1.82) is 0 Å². The average molecular weight is 251 g/mol. The van der Waals surface area contributed by atoms with Crippen LogP contribution < -0.4 is 5.32 Å². The summed E-state index contributed by atoms with van der Waals surface area (Å²) in [6.45, 7) is 0.415. The fourth-order valence-electron chi connectivity index (χ4n) is 1.52. The highest BCUT2D eigenvalue weighted by atomic mass is 35.5. The minimum absolute atomic E-state index is 0.303. The van der Waals surface area contributed by atoms with Crippen molar-refractivity contribution in [2.24, 2.45) is 0 Å². The molecule has 0 radical (unpaired) electrons. The largest absolute Gasteiger partial charge is 0.376 e. The highest BCUT2D eigenvalue weighted by Gasteiger charge is 2.27. The van der Waals surface area contributed by atoms with Gasteiger partial charge in [0.25, 0.3) is 11.8 Å². The molecular weight excluding hydrogens is 240 g/mol. The molecule has 2 rings (SSSR count). The van der Waals surface area contributed by atoms with Gasteiger partial charge in [-0.25, -0.2) is 0 Å². The van der Waals surface area contributed by atoms with E-state index in [1.54, 1.807) is 6.07 Å². The molecule has 0 saturated carbocycles. The van der Waals surface area contributed by atoms with Crippen LogP contribution in [0.15, 0.2) is 36.0 Å². The second-order valence-corrected chi connectivity index (χ2v) is 4.11. The third-order valence-electron chi connectivity index (χ3n) is 2.56. The van der Waals surface area contributed by atoms with Gasteiger partial charge in [0.05, 0.1) is 0 Å². The molecule has 17 heavy (non-hydrogen) atoms. The van der Waals surface area contributed by atoms with E-state index in [9.17, 15) is 9.59 Å². The van der Waals surface area contributed by atoms with Crippen molar-refractivity contribution < 1.29 is 9.59 Å². The van der Waals surface area contributed by atoms with Gasteiger partial charge in [0.15, 0.2) is 0 Å². The van der Waals surface area contributed by atoms with E-state index < -0.39 is 0 Å². The number of imide groups is 1. The molecule has 1 aromatic rings. The predicted octanol–water partition coefficient (Wildman–Crippen LogP) is 1.31. The number of amides is 2. The normalized spacial score (nSPS) is 15.2. The first-order chi connectivity index (χ1) is 8.09. The van der Waals surface area contributed by atoms with Crippen LogP contribution in [0, 0.1) is 0 Å². The van der Waals surface area contributed by atoms with E-state index in [4.69, 9.17) is 11.6 Å². The van der Waals surface area contributed by atoms with E-state index in [2.05, 4.69) is 5.32 Å². The summed E-state index contributed by atoms with van der Waals surface area (Å²) in [5, 5.41) is 3.54. The number of benzene rings is 1. The lowest BCUT2D eigenvalue weighted by Gasteiger charge is -2.09. The first kappa shape index (κ1) is 11.7. The third-order valence-corrected chi connectivity index (χ3v) is 2.93. The van der Waals surface area contributed by atoms with Gasteiger partial charge in [0, 0.05) is 24.7 Å². The van der Waals surface area contributed by atoms with Crippen molar-refractivity contribution in [2.75, 3.05) is 7.05 Å². The fraction of sp³-hybridized carbons (Fsp3) is 0.167. The van der Waals surface area contributed by atoms with Gasteiger partial charge in [-0.15, -0.1) is 0 Å². The smallest absolute Gasteiger partial charge is 0.276 e. The number of likely N-dealkylation sites (N-methyl/N-ethyl adjacent to an activating group) is 1. The fourth-order valence-corrected chi connectivity index (χ4v) is 1.72. The molecule has 88 valence electrons. The Balaban J connectivity index is 2.05. The standard InChI is InChI=1S/C12H11ClN2O2/c1-15-11(16)6-10(12(15)17)14-7-8-4-2-3-5-9(8)13/h2-6,14H,7H2,1H3. The van der Waals surface area contributed by atoms with Crippen molar-refractivity contribution in [2.45, 2.75) is 6.54 Å². The SMILES string of the molecule is CN1C(=O)C=C(NCc2ccccc2Cl)C1=O. The van der Waals surface area contributed by atoms with Gasteiger partial charge in [-0.05, 0) is 11.6 Å². The Hall–Kier alpha value is -1.81. The van der Waals surface area contributed by atoms with Crippen molar-refractivity contribution >= 4 is 23.4 Å². The summed E-state index contributed by atoms with van der Waals surface area (Å²) < 4.78 is 0. The van der Waals surface area contributed by atoms with Crippen LogP contribution in [0.1, 0.15) is 5.56 Å². The maximum atomic E-state index is 11.6. The lowest BCUT2D eigenvalue weighted by molar-refractivity contribution is -0.135. The molecule has 2 amide bonds. The Kier molecular flexibility index (Phi) is 3.15. The van der Waals surface area contributed by atoms with Crippen LogP contribution >= 0.6 is 11.6 Å². The lowest BCUT2D eigenvalue weighted by atomic mass is 10.2. The molecule has 0 atom stereocenters. The minimum Gasteiger partial charge on any atom is -0.376 e. The zero-order valence-corrected chi connectivity index (χ0v) is 9.99. The molecule has 5 heteroatoms. The first-order valence-corrected chi connectivity index (χ1v) is 5.48. The quantitative estimate of drug-likeness (QED) is 0.823. The van der Waals surface area contributed by atoms with Crippen molar-refractivity contribution in [1.82, 2.24) is 10.2 Å². The van der Waals surface area contributed by atoms with Crippen LogP contribution in [0.25, 0.3) is 0 Å². The second kappa shape index (κ2) is 4.59. The van der Waals surface area contributed by atoms with Gasteiger partial charge >= 0.3 is 0 Å². The summed E-state index contributed by atoms with van der Waals surface area (Å²) in [6, 6.07) is 7.34. The highest BCUT2D eigenvalue weighted by molar-refractivity contribution is 6.31. The monoisotopic (exact) mass is 250 g/mol. The lowest BCUT2D eigenvalue weighted by Crippen LogP contribution is -2.29. The molecule has 0 spiro atoms.